The van der Waals surface area contributed by atoms with Crippen LogP contribution in [0.1, 0.15) is 68.2 Å². The van der Waals surface area contributed by atoms with Crippen LogP contribution >= 0.6 is 0 Å². The molecular weight excluding hydrogens is 316 g/mol. The average molecular weight is 345 g/mol. The van der Waals surface area contributed by atoms with Crippen molar-refractivity contribution in [1.82, 2.24) is 0 Å². The number of nitrogens with zero attached hydrogens (tertiary/aromatic N) is 1. The van der Waals surface area contributed by atoms with E-state index in [0.29, 0.717) is 11.8 Å². The number of benzene rings is 2. The predicted molar refractivity (Wildman–Crippen MR) is 114 cm³/mol. The maximum atomic E-state index is 4.61. The second-order valence-electron chi connectivity index (χ2n) is 7.40. The van der Waals surface area contributed by atoms with Crippen LogP contribution in [0.15, 0.2) is 65.8 Å². The molecule has 134 valence electrons. The molecule has 0 unspecified atom stereocenters. The fourth-order valence-corrected chi connectivity index (χ4v) is 3.40. The second kappa shape index (κ2) is 8.18. The number of para-hydroxylation sites is 1. The first-order valence-corrected chi connectivity index (χ1v) is 9.45. The molecule has 0 saturated carbocycles. The van der Waals surface area contributed by atoms with Gasteiger partial charge in [0, 0.05) is 5.56 Å². The Morgan fingerprint density at radius 2 is 1.62 bits per heavy atom. The van der Waals surface area contributed by atoms with Crippen LogP contribution in [-0.2, 0) is 0 Å². The van der Waals surface area contributed by atoms with Crippen LogP contribution < -0.4 is 5.43 Å². The van der Waals surface area contributed by atoms with E-state index in [0.717, 1.165) is 17.7 Å². The van der Waals surface area contributed by atoms with Crippen molar-refractivity contribution in [3.05, 3.63) is 82.9 Å². The first-order chi connectivity index (χ1) is 12.6. The number of anilines is 1. The van der Waals surface area contributed by atoms with Crippen molar-refractivity contribution >= 4 is 17.5 Å². The molecule has 3 rings (SSSR count). The number of hydrogen-bond acceptors (Lipinski definition) is 2. The molecule has 0 radical (unpaired) electrons. The van der Waals surface area contributed by atoms with Crippen LogP contribution in [-0.4, -0.2) is 6.21 Å². The van der Waals surface area contributed by atoms with Gasteiger partial charge in [0.25, 0.3) is 0 Å². The highest BCUT2D eigenvalue weighted by Gasteiger charge is 2.13. The van der Waals surface area contributed by atoms with Gasteiger partial charge in [-0.1, -0.05) is 88.4 Å². The maximum absolute atomic E-state index is 4.61. The summed E-state index contributed by atoms with van der Waals surface area (Å²) >= 11 is 0. The zero-order valence-electron chi connectivity index (χ0n) is 16.2. The minimum absolute atomic E-state index is 0.452. The monoisotopic (exact) mass is 344 g/mol. The maximum Gasteiger partial charge on any atom is 0.0630 e. The molecule has 26 heavy (non-hydrogen) atoms. The molecular formula is C24H28N2. The third-order valence-corrected chi connectivity index (χ3v) is 4.83. The topological polar surface area (TPSA) is 24.4 Å². The van der Waals surface area contributed by atoms with E-state index < -0.39 is 0 Å². The fourth-order valence-electron chi connectivity index (χ4n) is 3.40. The molecule has 2 aromatic rings. The molecule has 0 saturated heterocycles. The lowest BCUT2D eigenvalue weighted by molar-refractivity contribution is 0.835. The molecule has 0 atom stereocenters. The van der Waals surface area contributed by atoms with Crippen LogP contribution in [0.3, 0.4) is 0 Å². The Kier molecular flexibility index (Phi) is 5.72. The van der Waals surface area contributed by atoms with Gasteiger partial charge in [0.15, 0.2) is 0 Å². The first kappa shape index (κ1) is 18.2. The number of allylic oxidation sites excluding steroid dienone is 4. The Balaban J connectivity index is 1.88. The van der Waals surface area contributed by atoms with E-state index in [4.69, 9.17) is 0 Å². The van der Waals surface area contributed by atoms with E-state index in [1.807, 2.05) is 6.21 Å². The van der Waals surface area contributed by atoms with Gasteiger partial charge in [0.05, 0.1) is 11.9 Å². The molecule has 0 aliphatic heterocycles. The van der Waals surface area contributed by atoms with Gasteiger partial charge in [0.1, 0.15) is 0 Å². The van der Waals surface area contributed by atoms with Crippen molar-refractivity contribution in [1.29, 1.82) is 0 Å². The number of hydrazone groups is 1. The highest BCUT2D eigenvalue weighted by molar-refractivity contribution is 5.90. The SMILES string of the molecule is CC(C)c1cccc(C(C)C)c1NN=Cc1ccccc1C1=CC=CC1. The van der Waals surface area contributed by atoms with Crippen LogP contribution in [0.25, 0.3) is 5.57 Å². The molecule has 0 bridgehead atoms. The van der Waals surface area contributed by atoms with Crippen molar-refractivity contribution in [2.75, 3.05) is 5.43 Å². The van der Waals surface area contributed by atoms with Crippen LogP contribution in [0.5, 0.6) is 0 Å². The van der Waals surface area contributed by atoms with Gasteiger partial charge >= 0.3 is 0 Å². The van der Waals surface area contributed by atoms with Gasteiger partial charge in [-0.25, -0.2) is 0 Å². The molecule has 0 heterocycles. The summed E-state index contributed by atoms with van der Waals surface area (Å²) in [6.07, 6.45) is 9.43. The van der Waals surface area contributed by atoms with Gasteiger partial charge in [-0.15, -0.1) is 0 Å². The van der Waals surface area contributed by atoms with Gasteiger partial charge in [-0.3, -0.25) is 5.43 Å². The van der Waals surface area contributed by atoms with Crippen molar-refractivity contribution < 1.29 is 0 Å². The largest absolute Gasteiger partial charge is 0.278 e. The highest BCUT2D eigenvalue weighted by Crippen LogP contribution is 2.32. The van der Waals surface area contributed by atoms with E-state index >= 15 is 0 Å². The highest BCUT2D eigenvalue weighted by atomic mass is 15.3. The van der Waals surface area contributed by atoms with Crippen molar-refractivity contribution in [3.8, 4) is 0 Å². The normalized spacial score (nSPS) is 13.8. The Morgan fingerprint density at radius 3 is 2.23 bits per heavy atom. The Morgan fingerprint density at radius 1 is 0.923 bits per heavy atom. The summed E-state index contributed by atoms with van der Waals surface area (Å²) in [6.45, 7) is 8.90. The summed E-state index contributed by atoms with van der Waals surface area (Å²) in [7, 11) is 0. The molecule has 2 aromatic carbocycles. The Hall–Kier alpha value is -2.61. The molecule has 1 N–H and O–H groups in total. The van der Waals surface area contributed by atoms with Gasteiger partial charge < -0.3 is 0 Å². The number of nitrogens with one attached hydrogen (secondary N) is 1. The van der Waals surface area contributed by atoms with Crippen molar-refractivity contribution in [3.63, 3.8) is 0 Å². The lowest BCUT2D eigenvalue weighted by atomic mass is 9.93. The minimum Gasteiger partial charge on any atom is -0.278 e. The van der Waals surface area contributed by atoms with Gasteiger partial charge in [0.2, 0.25) is 0 Å². The van der Waals surface area contributed by atoms with E-state index in [1.165, 1.54) is 22.3 Å². The molecule has 0 spiro atoms. The molecule has 0 aromatic heterocycles. The zero-order chi connectivity index (χ0) is 18.5. The quantitative estimate of drug-likeness (QED) is 0.456. The molecule has 1 aliphatic rings. The summed E-state index contributed by atoms with van der Waals surface area (Å²) in [6, 6.07) is 15.0. The van der Waals surface area contributed by atoms with E-state index in [1.54, 1.807) is 0 Å². The standard InChI is InChI=1S/C24H28N2/c1-17(2)21-14-9-15-22(18(3)4)24(21)26-25-16-20-12-7-8-13-23(20)19-10-5-6-11-19/h5-10,12-18,26H,11H2,1-4H3. The lowest BCUT2D eigenvalue weighted by Gasteiger charge is -2.18. The summed E-state index contributed by atoms with van der Waals surface area (Å²) in [5.41, 5.74) is 10.9. The van der Waals surface area contributed by atoms with E-state index in [-0.39, 0.29) is 0 Å². The molecule has 0 amide bonds. The summed E-state index contributed by atoms with van der Waals surface area (Å²) in [5.74, 6) is 0.904. The number of hydrogen-bond donors (Lipinski definition) is 1. The smallest absolute Gasteiger partial charge is 0.0630 e. The van der Waals surface area contributed by atoms with E-state index in [2.05, 4.69) is 98.9 Å². The fraction of sp³-hybridized carbons (Fsp3) is 0.292. The first-order valence-electron chi connectivity index (χ1n) is 9.45. The van der Waals surface area contributed by atoms with Crippen molar-refractivity contribution in [2.45, 2.75) is 46.0 Å². The van der Waals surface area contributed by atoms with E-state index in [9.17, 15) is 0 Å². The molecule has 2 heteroatoms. The van der Waals surface area contributed by atoms with Crippen LogP contribution in [0.4, 0.5) is 5.69 Å². The number of rotatable bonds is 6. The minimum atomic E-state index is 0.452. The Labute approximate surface area is 157 Å². The third-order valence-electron chi connectivity index (χ3n) is 4.83. The lowest BCUT2D eigenvalue weighted by Crippen LogP contribution is -2.04. The third kappa shape index (κ3) is 3.96. The Bertz CT molecular complexity index is 828. The van der Waals surface area contributed by atoms with Crippen molar-refractivity contribution in [2.24, 2.45) is 5.10 Å². The summed E-state index contributed by atoms with van der Waals surface area (Å²) in [4.78, 5) is 0. The second-order valence-corrected chi connectivity index (χ2v) is 7.40. The molecule has 0 fully saturated rings. The zero-order valence-corrected chi connectivity index (χ0v) is 16.2. The van der Waals surface area contributed by atoms with Crippen LogP contribution in [0, 0.1) is 0 Å². The summed E-state index contributed by atoms with van der Waals surface area (Å²) < 4.78 is 0. The predicted octanol–water partition coefficient (Wildman–Crippen LogP) is 6.72. The average Bonchev–Trinajstić information content (AvgIpc) is 3.16. The molecule has 2 nitrogen and oxygen atoms in total. The summed E-state index contributed by atoms with van der Waals surface area (Å²) in [5, 5.41) is 4.61. The van der Waals surface area contributed by atoms with Gasteiger partial charge in [-0.2, -0.15) is 5.10 Å². The van der Waals surface area contributed by atoms with Crippen LogP contribution in [0.2, 0.25) is 0 Å². The van der Waals surface area contributed by atoms with Gasteiger partial charge in [-0.05, 0) is 40.5 Å². The molecule has 1 aliphatic carbocycles.